The maximum atomic E-state index is 2.51. The summed E-state index contributed by atoms with van der Waals surface area (Å²) in [7, 11) is 0. The zero-order valence-electron chi connectivity index (χ0n) is 29.5. The maximum absolute atomic E-state index is 2.51. The van der Waals surface area contributed by atoms with Gasteiger partial charge in [-0.25, -0.2) is 0 Å². The number of rotatable bonds is 5. The molecule has 0 aliphatic heterocycles. The second-order valence-electron chi connectivity index (χ2n) is 14.9. The van der Waals surface area contributed by atoms with Gasteiger partial charge in [-0.15, -0.1) is 0 Å². The summed E-state index contributed by atoms with van der Waals surface area (Å²) in [6, 6.07) is 67.4. The van der Waals surface area contributed by atoms with E-state index in [2.05, 4.69) is 191 Å². The SMILES string of the molecule is c1ccc(-n2c3ccccc3c3ccc(N(c4ccc(-c5ccc6c(c5)C5(CCCC5)c5ccccc5-6)cc4)c4cccc5ccccc45)cc32)cc1. The Balaban J connectivity index is 1.07. The molecular weight excluding hydrogens is 641 g/mol. The van der Waals surface area contributed by atoms with E-state index < -0.39 is 0 Å². The Bertz CT molecular complexity index is 2830. The van der Waals surface area contributed by atoms with E-state index in [1.807, 2.05) is 0 Å². The molecule has 2 heteroatoms. The van der Waals surface area contributed by atoms with Gasteiger partial charge in [0.25, 0.3) is 0 Å². The third-order valence-corrected chi connectivity index (χ3v) is 12.1. The molecule has 9 aromatic rings. The van der Waals surface area contributed by atoms with Crippen LogP contribution in [0.25, 0.3) is 60.5 Å². The Hall–Kier alpha value is -6.38. The third kappa shape index (κ3) is 4.58. The number of hydrogen-bond donors (Lipinski definition) is 0. The van der Waals surface area contributed by atoms with Gasteiger partial charge in [-0.3, -0.25) is 0 Å². The number of nitrogens with zero attached hydrogens (tertiary/aromatic N) is 2. The average Bonchev–Trinajstić information content (AvgIpc) is 3.92. The summed E-state index contributed by atoms with van der Waals surface area (Å²) < 4.78 is 2.40. The molecule has 1 fully saturated rings. The molecule has 0 unspecified atom stereocenters. The van der Waals surface area contributed by atoms with Crippen molar-refractivity contribution in [3.63, 3.8) is 0 Å². The van der Waals surface area contributed by atoms with Crippen LogP contribution >= 0.6 is 0 Å². The summed E-state index contributed by atoms with van der Waals surface area (Å²) in [5.74, 6) is 0. The predicted octanol–water partition coefficient (Wildman–Crippen LogP) is 13.9. The van der Waals surface area contributed by atoms with Gasteiger partial charge in [0.05, 0.1) is 16.7 Å². The van der Waals surface area contributed by atoms with E-state index in [0.29, 0.717) is 0 Å². The molecule has 8 aromatic carbocycles. The second kappa shape index (κ2) is 11.8. The quantitative estimate of drug-likeness (QED) is 0.176. The van der Waals surface area contributed by atoms with Gasteiger partial charge in [-0.05, 0) is 106 Å². The fourth-order valence-electron chi connectivity index (χ4n) is 9.74. The molecule has 0 saturated heterocycles. The van der Waals surface area contributed by atoms with Crippen molar-refractivity contribution in [2.45, 2.75) is 31.1 Å². The van der Waals surface area contributed by atoms with Crippen molar-refractivity contribution in [3.8, 4) is 27.9 Å². The van der Waals surface area contributed by atoms with Crippen LogP contribution in [0, 0.1) is 0 Å². The minimum absolute atomic E-state index is 0.161. The number of para-hydroxylation sites is 2. The van der Waals surface area contributed by atoms with Crippen molar-refractivity contribution in [2.24, 2.45) is 0 Å². The van der Waals surface area contributed by atoms with Gasteiger partial charge in [0.1, 0.15) is 0 Å². The van der Waals surface area contributed by atoms with Crippen LogP contribution in [0.1, 0.15) is 36.8 Å². The molecule has 0 N–H and O–H groups in total. The Labute approximate surface area is 310 Å². The van der Waals surface area contributed by atoms with E-state index in [9.17, 15) is 0 Å². The van der Waals surface area contributed by atoms with Crippen molar-refractivity contribution >= 4 is 49.6 Å². The Morgan fingerprint density at radius 1 is 0.434 bits per heavy atom. The van der Waals surface area contributed by atoms with Crippen LogP contribution in [0.4, 0.5) is 17.1 Å². The van der Waals surface area contributed by atoms with Gasteiger partial charge in [-0.2, -0.15) is 0 Å². The highest BCUT2D eigenvalue weighted by Gasteiger charge is 2.44. The Kier molecular flexibility index (Phi) is 6.76. The van der Waals surface area contributed by atoms with Crippen LogP contribution in [0.3, 0.4) is 0 Å². The molecule has 1 heterocycles. The lowest BCUT2D eigenvalue weighted by Crippen LogP contribution is -2.20. The molecule has 1 saturated carbocycles. The average molecular weight is 679 g/mol. The van der Waals surface area contributed by atoms with Gasteiger partial charge in [0, 0.05) is 38.6 Å². The van der Waals surface area contributed by atoms with E-state index in [-0.39, 0.29) is 5.41 Å². The van der Waals surface area contributed by atoms with Crippen LogP contribution in [-0.4, -0.2) is 4.57 Å². The van der Waals surface area contributed by atoms with Gasteiger partial charge < -0.3 is 9.47 Å². The van der Waals surface area contributed by atoms with E-state index in [1.54, 1.807) is 0 Å². The fraction of sp³-hybridized carbons (Fsp3) is 0.0980. The molecule has 252 valence electrons. The molecule has 1 spiro atoms. The number of aromatic nitrogens is 1. The summed E-state index contributed by atoms with van der Waals surface area (Å²) in [5.41, 5.74) is 15.6. The normalized spacial score (nSPS) is 14.3. The van der Waals surface area contributed by atoms with Crippen molar-refractivity contribution in [1.82, 2.24) is 4.57 Å². The first-order chi connectivity index (χ1) is 26.3. The molecule has 1 aromatic heterocycles. The van der Waals surface area contributed by atoms with E-state index in [0.717, 1.165) is 22.7 Å². The molecule has 0 radical (unpaired) electrons. The first-order valence-corrected chi connectivity index (χ1v) is 19.0. The second-order valence-corrected chi connectivity index (χ2v) is 14.9. The summed E-state index contributed by atoms with van der Waals surface area (Å²) in [6.45, 7) is 0. The van der Waals surface area contributed by atoms with E-state index >= 15 is 0 Å². The van der Waals surface area contributed by atoms with Gasteiger partial charge in [-0.1, -0.05) is 140 Å². The highest BCUT2D eigenvalue weighted by molar-refractivity contribution is 6.11. The summed E-state index contributed by atoms with van der Waals surface area (Å²) >= 11 is 0. The van der Waals surface area contributed by atoms with E-state index in [4.69, 9.17) is 0 Å². The Morgan fingerprint density at radius 2 is 1.09 bits per heavy atom. The van der Waals surface area contributed by atoms with Gasteiger partial charge in [0.15, 0.2) is 0 Å². The number of hydrogen-bond acceptors (Lipinski definition) is 1. The minimum Gasteiger partial charge on any atom is -0.310 e. The summed E-state index contributed by atoms with van der Waals surface area (Å²) in [4.78, 5) is 2.44. The maximum Gasteiger partial charge on any atom is 0.0561 e. The van der Waals surface area contributed by atoms with Crippen LogP contribution in [0.15, 0.2) is 182 Å². The van der Waals surface area contributed by atoms with Crippen LogP contribution in [0.2, 0.25) is 0 Å². The van der Waals surface area contributed by atoms with Crippen molar-refractivity contribution in [1.29, 1.82) is 0 Å². The standard InChI is InChI=1S/C51H38N2/c1-2-15-38(16-3-1)53-49-21-9-7-19-44(49)45-30-28-40(34-50(45)53)52(48-22-12-14-36-13-4-5-17-41(36)48)39-26-23-35(24-27-39)37-25-29-43-42-18-6-8-20-46(42)51(47(43)33-37)31-10-11-32-51/h1-9,12-30,33-34H,10-11,31-32H2. The van der Waals surface area contributed by atoms with Crippen molar-refractivity contribution < 1.29 is 0 Å². The van der Waals surface area contributed by atoms with E-state index in [1.165, 1.54) is 91.6 Å². The minimum atomic E-state index is 0.161. The number of benzene rings is 8. The Morgan fingerprint density at radius 3 is 1.96 bits per heavy atom. The molecule has 11 rings (SSSR count). The molecule has 2 aliphatic rings. The first-order valence-electron chi connectivity index (χ1n) is 19.0. The topological polar surface area (TPSA) is 8.17 Å². The highest BCUT2D eigenvalue weighted by atomic mass is 15.1. The number of anilines is 3. The van der Waals surface area contributed by atoms with Crippen molar-refractivity contribution in [2.75, 3.05) is 4.90 Å². The largest absolute Gasteiger partial charge is 0.310 e. The third-order valence-electron chi connectivity index (χ3n) is 12.1. The molecule has 2 aliphatic carbocycles. The summed E-state index contributed by atoms with van der Waals surface area (Å²) in [6.07, 6.45) is 5.09. The fourth-order valence-corrected chi connectivity index (χ4v) is 9.74. The molecule has 0 bridgehead atoms. The van der Waals surface area contributed by atoms with Crippen molar-refractivity contribution in [3.05, 3.63) is 193 Å². The molecule has 0 atom stereocenters. The zero-order valence-corrected chi connectivity index (χ0v) is 29.5. The predicted molar refractivity (Wildman–Crippen MR) is 223 cm³/mol. The molecular formula is C51H38N2. The van der Waals surface area contributed by atoms with Crippen LogP contribution < -0.4 is 4.90 Å². The molecule has 53 heavy (non-hydrogen) atoms. The highest BCUT2D eigenvalue weighted by Crippen LogP contribution is 2.57. The molecule has 0 amide bonds. The van der Waals surface area contributed by atoms with Gasteiger partial charge in [0.2, 0.25) is 0 Å². The van der Waals surface area contributed by atoms with Crippen LogP contribution in [0.5, 0.6) is 0 Å². The monoisotopic (exact) mass is 678 g/mol. The van der Waals surface area contributed by atoms with Crippen LogP contribution in [-0.2, 0) is 5.41 Å². The lowest BCUT2D eigenvalue weighted by Gasteiger charge is -2.28. The van der Waals surface area contributed by atoms with Gasteiger partial charge >= 0.3 is 0 Å². The molecule has 2 nitrogen and oxygen atoms in total. The summed E-state index contributed by atoms with van der Waals surface area (Å²) in [5, 5.41) is 4.96. The smallest absolute Gasteiger partial charge is 0.0561 e. The first kappa shape index (κ1) is 30.3. The lowest BCUT2D eigenvalue weighted by atomic mass is 9.76. The zero-order chi connectivity index (χ0) is 34.9. The lowest BCUT2D eigenvalue weighted by molar-refractivity contribution is 0.550. The number of fused-ring (bicyclic) bond motifs is 9.